The molecule has 0 radical (unpaired) electrons. The molecule has 1 N–H and O–H groups in total. The lowest BCUT2D eigenvalue weighted by molar-refractivity contribution is -0.161. The van der Waals surface area contributed by atoms with Crippen molar-refractivity contribution in [3.63, 3.8) is 0 Å². The number of ether oxygens (including phenoxy) is 2. The van der Waals surface area contributed by atoms with Crippen LogP contribution >= 0.6 is 0 Å². The number of hydrogen-bond acceptors (Lipinski definition) is 5. The predicted molar refractivity (Wildman–Crippen MR) is 274 cm³/mol. The van der Waals surface area contributed by atoms with Crippen LogP contribution in [-0.2, 0) is 19.1 Å². The van der Waals surface area contributed by atoms with E-state index in [4.69, 9.17) is 9.47 Å². The molecule has 0 aromatic rings. The van der Waals surface area contributed by atoms with Gasteiger partial charge in [0, 0.05) is 12.8 Å². The molecule has 0 saturated heterocycles. The monoisotopic (exact) mass is 871 g/mol. The zero-order chi connectivity index (χ0) is 45.6. The maximum atomic E-state index is 12.3. The van der Waals surface area contributed by atoms with Gasteiger partial charge in [-0.25, -0.2) is 0 Å². The third kappa shape index (κ3) is 50.8. The van der Waals surface area contributed by atoms with Crippen molar-refractivity contribution in [2.45, 2.75) is 219 Å². The van der Waals surface area contributed by atoms with E-state index in [1.165, 1.54) is 64.2 Å². The van der Waals surface area contributed by atoms with Gasteiger partial charge in [-0.3, -0.25) is 9.59 Å². The first-order valence-electron chi connectivity index (χ1n) is 25.6. The Labute approximate surface area is 388 Å². The first-order valence-corrected chi connectivity index (χ1v) is 25.6. The molecule has 1 atom stereocenters. The second-order valence-corrected chi connectivity index (χ2v) is 16.5. The van der Waals surface area contributed by atoms with Crippen molar-refractivity contribution < 1.29 is 24.2 Å². The van der Waals surface area contributed by atoms with Gasteiger partial charge in [0.2, 0.25) is 0 Å². The van der Waals surface area contributed by atoms with Gasteiger partial charge >= 0.3 is 11.9 Å². The van der Waals surface area contributed by atoms with Gasteiger partial charge in [-0.05, 0) is 109 Å². The second-order valence-electron chi connectivity index (χ2n) is 16.5. The summed E-state index contributed by atoms with van der Waals surface area (Å²) in [5.41, 5.74) is 0. The molecular weight excluding hydrogens is 777 g/mol. The SMILES string of the molecule is CC/C=C\C/C=C\C/C=C\C/C=C\C/C=C\C/C=C\C/C=C\C/C=C\C/C=C\CCCCCCCC(=O)OC(CO)COC(=O)CCCCCCC/C=C\CCCCCCCCC. The van der Waals surface area contributed by atoms with Gasteiger partial charge in [0.15, 0.2) is 6.10 Å². The quantitative estimate of drug-likeness (QED) is 0.0375. The Hall–Kier alpha value is -3.70. The molecular formula is C58H94O5. The maximum absolute atomic E-state index is 12.3. The summed E-state index contributed by atoms with van der Waals surface area (Å²) in [4.78, 5) is 24.4. The lowest BCUT2D eigenvalue weighted by Crippen LogP contribution is -2.28. The first kappa shape index (κ1) is 59.3. The molecule has 0 aliphatic rings. The Kier molecular flexibility index (Phi) is 49.6. The van der Waals surface area contributed by atoms with Crippen molar-refractivity contribution in [1.82, 2.24) is 0 Å². The second kappa shape index (κ2) is 52.6. The minimum absolute atomic E-state index is 0.0850. The van der Waals surface area contributed by atoms with E-state index in [1.54, 1.807) is 0 Å². The number of allylic oxidation sites excluding steroid dienone is 20. The summed E-state index contributed by atoms with van der Waals surface area (Å²) >= 11 is 0. The van der Waals surface area contributed by atoms with E-state index < -0.39 is 6.10 Å². The van der Waals surface area contributed by atoms with Crippen LogP contribution in [0.2, 0.25) is 0 Å². The van der Waals surface area contributed by atoms with Gasteiger partial charge in [-0.1, -0.05) is 212 Å². The van der Waals surface area contributed by atoms with Crippen molar-refractivity contribution in [3.8, 4) is 0 Å². The number of aliphatic hydroxyl groups is 1. The zero-order valence-electron chi connectivity index (χ0n) is 40.5. The molecule has 0 aromatic heterocycles. The van der Waals surface area contributed by atoms with Crippen molar-refractivity contribution in [2.24, 2.45) is 0 Å². The number of carbonyl (C=O) groups excluding carboxylic acids is 2. The summed E-state index contributed by atoms with van der Waals surface area (Å²) in [5, 5.41) is 9.61. The van der Waals surface area contributed by atoms with E-state index in [0.717, 1.165) is 122 Å². The third-order valence-electron chi connectivity index (χ3n) is 10.5. The Morgan fingerprint density at radius 2 is 0.683 bits per heavy atom. The molecule has 5 nitrogen and oxygen atoms in total. The highest BCUT2D eigenvalue weighted by Crippen LogP contribution is 2.12. The van der Waals surface area contributed by atoms with E-state index >= 15 is 0 Å². The fourth-order valence-electron chi connectivity index (χ4n) is 6.66. The van der Waals surface area contributed by atoms with Gasteiger partial charge in [-0.15, -0.1) is 0 Å². The largest absolute Gasteiger partial charge is 0.462 e. The smallest absolute Gasteiger partial charge is 0.306 e. The van der Waals surface area contributed by atoms with Crippen molar-refractivity contribution in [3.05, 3.63) is 122 Å². The zero-order valence-corrected chi connectivity index (χ0v) is 40.5. The van der Waals surface area contributed by atoms with Gasteiger partial charge in [0.05, 0.1) is 6.61 Å². The normalized spacial score (nSPS) is 13.3. The molecule has 0 spiro atoms. The maximum Gasteiger partial charge on any atom is 0.306 e. The molecule has 0 saturated carbocycles. The number of carbonyl (C=O) groups is 2. The predicted octanol–water partition coefficient (Wildman–Crippen LogP) is 17.1. The molecule has 356 valence electrons. The fourth-order valence-corrected chi connectivity index (χ4v) is 6.66. The van der Waals surface area contributed by atoms with E-state index in [9.17, 15) is 14.7 Å². The molecule has 0 heterocycles. The Morgan fingerprint density at radius 3 is 1.05 bits per heavy atom. The summed E-state index contributed by atoms with van der Waals surface area (Å²) in [6, 6.07) is 0. The van der Waals surface area contributed by atoms with E-state index in [2.05, 4.69) is 135 Å². The van der Waals surface area contributed by atoms with Crippen molar-refractivity contribution in [1.29, 1.82) is 0 Å². The van der Waals surface area contributed by atoms with Crippen LogP contribution in [0.3, 0.4) is 0 Å². The minimum atomic E-state index is -0.794. The molecule has 0 bridgehead atoms. The molecule has 0 aliphatic carbocycles. The van der Waals surface area contributed by atoms with E-state index in [1.807, 2.05) is 0 Å². The highest BCUT2D eigenvalue weighted by molar-refractivity contribution is 5.70. The summed E-state index contributed by atoms with van der Waals surface area (Å²) in [7, 11) is 0. The van der Waals surface area contributed by atoms with Crippen LogP contribution in [0.25, 0.3) is 0 Å². The molecule has 5 heteroatoms. The van der Waals surface area contributed by atoms with E-state index in [-0.39, 0.29) is 25.2 Å². The minimum Gasteiger partial charge on any atom is -0.462 e. The molecule has 1 unspecified atom stereocenters. The van der Waals surface area contributed by atoms with Gasteiger partial charge in [0.25, 0.3) is 0 Å². The van der Waals surface area contributed by atoms with Crippen LogP contribution in [0.5, 0.6) is 0 Å². The van der Waals surface area contributed by atoms with Crippen LogP contribution < -0.4 is 0 Å². The van der Waals surface area contributed by atoms with Crippen LogP contribution in [-0.4, -0.2) is 36.4 Å². The van der Waals surface area contributed by atoms with Crippen LogP contribution in [0, 0.1) is 0 Å². The topological polar surface area (TPSA) is 72.8 Å². The van der Waals surface area contributed by atoms with Crippen molar-refractivity contribution >= 4 is 11.9 Å². The number of aliphatic hydroxyl groups excluding tert-OH is 1. The highest BCUT2D eigenvalue weighted by atomic mass is 16.6. The van der Waals surface area contributed by atoms with Gasteiger partial charge < -0.3 is 14.6 Å². The molecule has 63 heavy (non-hydrogen) atoms. The Bertz CT molecular complexity index is 1310. The number of hydrogen-bond donors (Lipinski definition) is 1. The first-order chi connectivity index (χ1) is 31.1. The third-order valence-corrected chi connectivity index (χ3v) is 10.5. The average Bonchev–Trinajstić information content (AvgIpc) is 3.29. The van der Waals surface area contributed by atoms with Crippen LogP contribution in [0.1, 0.15) is 213 Å². The lowest BCUT2D eigenvalue weighted by atomic mass is 10.1. The summed E-state index contributed by atoms with van der Waals surface area (Å²) < 4.78 is 10.6. The molecule has 0 aromatic carbocycles. The molecule has 0 amide bonds. The van der Waals surface area contributed by atoms with Crippen LogP contribution in [0.4, 0.5) is 0 Å². The number of unbranched alkanes of at least 4 members (excludes halogenated alkanes) is 17. The Balaban J connectivity index is 3.66. The standard InChI is InChI=1S/C58H94O5/c1-3-5-7-9-11-13-15-17-19-21-22-23-24-25-26-27-28-29-30-31-32-33-34-35-36-37-39-41-43-45-47-49-51-53-58(61)63-56(54-59)55-62-57(60)52-50-48-46-44-42-40-38-20-18-16-14-12-10-8-6-4-2/h5,7,11,13,17,19-20,22-23,25-26,28-29,31-32,34-35,37-39,56,59H,3-4,6,8-10,12,14-16,18,21,24,27,30,33,36,40-55H2,1-2H3/b7-5-,13-11-,19-17-,23-22-,26-25-,29-28-,32-31-,35-34-,38-20-,39-37-. The molecule has 0 aliphatic heterocycles. The van der Waals surface area contributed by atoms with Gasteiger partial charge in [0.1, 0.15) is 6.61 Å². The van der Waals surface area contributed by atoms with E-state index in [0.29, 0.717) is 12.8 Å². The van der Waals surface area contributed by atoms with Crippen LogP contribution in [0.15, 0.2) is 122 Å². The summed E-state index contributed by atoms with van der Waals surface area (Å²) in [6.45, 7) is 3.99. The average molecular weight is 871 g/mol. The highest BCUT2D eigenvalue weighted by Gasteiger charge is 2.16. The molecule has 0 rings (SSSR count). The number of rotatable bonds is 45. The lowest BCUT2D eigenvalue weighted by Gasteiger charge is -2.15. The Morgan fingerprint density at radius 1 is 0.381 bits per heavy atom. The molecule has 0 fully saturated rings. The summed E-state index contributed by atoms with van der Waals surface area (Å²) in [5.74, 6) is -0.630. The van der Waals surface area contributed by atoms with Gasteiger partial charge in [-0.2, -0.15) is 0 Å². The van der Waals surface area contributed by atoms with Crippen molar-refractivity contribution in [2.75, 3.05) is 13.2 Å². The fraction of sp³-hybridized carbons (Fsp3) is 0.621. The number of esters is 2. The summed E-state index contributed by atoms with van der Waals surface area (Å²) in [6.07, 6.45) is 77.1.